The molecule has 0 aliphatic carbocycles. The van der Waals surface area contributed by atoms with Crippen LogP contribution in [0.4, 0.5) is 0 Å². The molecule has 1 unspecified atom stereocenters. The maximum absolute atomic E-state index is 11.4. The van der Waals surface area contributed by atoms with Gasteiger partial charge in [-0.2, -0.15) is 0 Å². The van der Waals surface area contributed by atoms with Gasteiger partial charge in [0.15, 0.2) is 5.78 Å². The van der Waals surface area contributed by atoms with Crippen LogP contribution in [-0.4, -0.2) is 18.5 Å². The fraction of sp³-hybridized carbons (Fsp3) is 0.900. The molecule has 0 N–H and O–H groups in total. The molecule has 0 aliphatic heterocycles. The standard InChI is InChI=1S/C10H20O2/c1-7(2)9(5)10(11)6-12-8(3)4/h7-9H,6H2,1-5H3. The average molecular weight is 172 g/mol. The molecular weight excluding hydrogens is 152 g/mol. The summed E-state index contributed by atoms with van der Waals surface area (Å²) in [5.74, 6) is 0.732. The summed E-state index contributed by atoms with van der Waals surface area (Å²) < 4.78 is 5.23. The van der Waals surface area contributed by atoms with Crippen molar-refractivity contribution in [3.63, 3.8) is 0 Å². The van der Waals surface area contributed by atoms with Crippen molar-refractivity contribution in [3.8, 4) is 0 Å². The van der Waals surface area contributed by atoms with Crippen LogP contribution in [0.1, 0.15) is 34.6 Å². The monoisotopic (exact) mass is 172 g/mol. The molecule has 0 radical (unpaired) electrons. The van der Waals surface area contributed by atoms with Gasteiger partial charge in [-0.3, -0.25) is 4.79 Å². The molecule has 2 heteroatoms. The second-order valence-electron chi connectivity index (χ2n) is 3.86. The van der Waals surface area contributed by atoms with Gasteiger partial charge in [-0.15, -0.1) is 0 Å². The van der Waals surface area contributed by atoms with E-state index in [1.165, 1.54) is 0 Å². The summed E-state index contributed by atoms with van der Waals surface area (Å²) in [7, 11) is 0. The molecule has 0 bridgehead atoms. The van der Waals surface area contributed by atoms with Crippen LogP contribution in [0.25, 0.3) is 0 Å². The molecule has 72 valence electrons. The molecule has 0 heterocycles. The summed E-state index contributed by atoms with van der Waals surface area (Å²) in [6.07, 6.45) is 0.147. The summed E-state index contributed by atoms with van der Waals surface area (Å²) in [4.78, 5) is 11.4. The lowest BCUT2D eigenvalue weighted by molar-refractivity contribution is -0.129. The average Bonchev–Trinajstić information content (AvgIpc) is 1.98. The van der Waals surface area contributed by atoms with Gasteiger partial charge in [-0.25, -0.2) is 0 Å². The highest BCUT2D eigenvalue weighted by Crippen LogP contribution is 2.10. The number of carbonyl (C=O) groups is 1. The van der Waals surface area contributed by atoms with E-state index in [1.54, 1.807) is 0 Å². The minimum atomic E-state index is 0.115. The Morgan fingerprint density at radius 3 is 2.00 bits per heavy atom. The molecule has 0 fully saturated rings. The molecule has 1 atom stereocenters. The van der Waals surface area contributed by atoms with Crippen LogP contribution in [0.2, 0.25) is 0 Å². The Labute approximate surface area is 75.3 Å². The molecule has 0 aromatic carbocycles. The summed E-state index contributed by atoms with van der Waals surface area (Å²) in [6, 6.07) is 0. The molecule has 0 amide bonds. The van der Waals surface area contributed by atoms with Gasteiger partial charge in [0.1, 0.15) is 6.61 Å². The minimum Gasteiger partial charge on any atom is -0.371 e. The molecule has 0 aromatic heterocycles. The van der Waals surface area contributed by atoms with Crippen molar-refractivity contribution >= 4 is 5.78 Å². The topological polar surface area (TPSA) is 26.3 Å². The number of rotatable bonds is 5. The van der Waals surface area contributed by atoms with Crippen LogP contribution in [0.3, 0.4) is 0 Å². The van der Waals surface area contributed by atoms with Gasteiger partial charge in [-0.1, -0.05) is 20.8 Å². The Bertz CT molecular complexity index is 139. The Morgan fingerprint density at radius 1 is 1.17 bits per heavy atom. The van der Waals surface area contributed by atoms with E-state index < -0.39 is 0 Å². The van der Waals surface area contributed by atoms with E-state index in [0.717, 1.165) is 0 Å². The fourth-order valence-electron chi connectivity index (χ4n) is 0.752. The van der Waals surface area contributed by atoms with Crippen LogP contribution in [0.5, 0.6) is 0 Å². The highest BCUT2D eigenvalue weighted by Gasteiger charge is 2.16. The molecule has 0 saturated heterocycles. The molecular formula is C10H20O2. The predicted octanol–water partition coefficient (Wildman–Crippen LogP) is 2.27. The molecule has 0 spiro atoms. The molecule has 12 heavy (non-hydrogen) atoms. The van der Waals surface area contributed by atoms with E-state index in [0.29, 0.717) is 5.92 Å². The summed E-state index contributed by atoms with van der Waals surface area (Å²) in [5.41, 5.74) is 0. The Kier molecular flexibility index (Phi) is 5.14. The van der Waals surface area contributed by atoms with E-state index in [4.69, 9.17) is 4.74 Å². The van der Waals surface area contributed by atoms with Gasteiger partial charge in [0, 0.05) is 5.92 Å². The molecule has 0 rings (SSSR count). The number of Topliss-reactive ketones (excluding diaryl/α,β-unsaturated/α-hetero) is 1. The predicted molar refractivity (Wildman–Crippen MR) is 50.1 cm³/mol. The third-order valence-electron chi connectivity index (χ3n) is 2.07. The van der Waals surface area contributed by atoms with Crippen LogP contribution in [-0.2, 0) is 9.53 Å². The Morgan fingerprint density at radius 2 is 1.67 bits per heavy atom. The van der Waals surface area contributed by atoms with Crippen LogP contribution < -0.4 is 0 Å². The maximum Gasteiger partial charge on any atom is 0.161 e. The van der Waals surface area contributed by atoms with E-state index in [2.05, 4.69) is 13.8 Å². The van der Waals surface area contributed by atoms with E-state index in [9.17, 15) is 4.79 Å². The second kappa shape index (κ2) is 5.31. The summed E-state index contributed by atoms with van der Waals surface area (Å²) in [5, 5.41) is 0. The van der Waals surface area contributed by atoms with Crippen molar-refractivity contribution in [2.24, 2.45) is 11.8 Å². The third kappa shape index (κ3) is 4.50. The number of ether oxygens (including phenoxy) is 1. The third-order valence-corrected chi connectivity index (χ3v) is 2.07. The van der Waals surface area contributed by atoms with Crippen LogP contribution in [0, 0.1) is 11.8 Å². The lowest BCUT2D eigenvalue weighted by atomic mass is 9.94. The van der Waals surface area contributed by atoms with Crippen molar-refractivity contribution < 1.29 is 9.53 Å². The molecule has 2 nitrogen and oxygen atoms in total. The molecule has 0 aromatic rings. The van der Waals surface area contributed by atoms with Crippen LogP contribution >= 0.6 is 0 Å². The normalized spacial score (nSPS) is 13.9. The second-order valence-corrected chi connectivity index (χ2v) is 3.86. The highest BCUT2D eigenvalue weighted by molar-refractivity contribution is 5.82. The lowest BCUT2D eigenvalue weighted by Crippen LogP contribution is -2.23. The zero-order valence-corrected chi connectivity index (χ0v) is 8.76. The zero-order chi connectivity index (χ0) is 9.72. The first-order valence-electron chi connectivity index (χ1n) is 4.59. The van der Waals surface area contributed by atoms with Crippen molar-refractivity contribution in [1.82, 2.24) is 0 Å². The SMILES string of the molecule is CC(C)OCC(=O)C(C)C(C)C. The number of ketones is 1. The van der Waals surface area contributed by atoms with Gasteiger partial charge in [0.25, 0.3) is 0 Å². The van der Waals surface area contributed by atoms with Crippen molar-refractivity contribution in [2.45, 2.75) is 40.7 Å². The first-order valence-corrected chi connectivity index (χ1v) is 4.59. The molecule has 0 saturated carbocycles. The first kappa shape index (κ1) is 11.6. The largest absolute Gasteiger partial charge is 0.371 e. The quantitative estimate of drug-likeness (QED) is 0.636. The zero-order valence-electron chi connectivity index (χ0n) is 8.76. The summed E-state index contributed by atoms with van der Waals surface area (Å²) >= 11 is 0. The fourth-order valence-corrected chi connectivity index (χ4v) is 0.752. The van der Waals surface area contributed by atoms with Crippen LogP contribution in [0.15, 0.2) is 0 Å². The minimum absolute atomic E-state index is 0.115. The van der Waals surface area contributed by atoms with Crippen molar-refractivity contribution in [1.29, 1.82) is 0 Å². The van der Waals surface area contributed by atoms with Gasteiger partial charge in [0.05, 0.1) is 6.10 Å². The van der Waals surface area contributed by atoms with Gasteiger partial charge in [-0.05, 0) is 19.8 Å². The van der Waals surface area contributed by atoms with Gasteiger partial charge in [0.2, 0.25) is 0 Å². The number of hydrogen-bond donors (Lipinski definition) is 0. The van der Waals surface area contributed by atoms with E-state index in [-0.39, 0.29) is 24.4 Å². The van der Waals surface area contributed by atoms with Gasteiger partial charge >= 0.3 is 0 Å². The number of carbonyl (C=O) groups excluding carboxylic acids is 1. The first-order chi connectivity index (χ1) is 5.45. The number of hydrogen-bond acceptors (Lipinski definition) is 2. The van der Waals surface area contributed by atoms with Crippen molar-refractivity contribution in [2.75, 3.05) is 6.61 Å². The lowest BCUT2D eigenvalue weighted by Gasteiger charge is -2.15. The van der Waals surface area contributed by atoms with Crippen molar-refractivity contribution in [3.05, 3.63) is 0 Å². The summed E-state index contributed by atoms with van der Waals surface area (Å²) in [6.45, 7) is 10.2. The highest BCUT2D eigenvalue weighted by atomic mass is 16.5. The Balaban J connectivity index is 3.72. The Hall–Kier alpha value is -0.370. The maximum atomic E-state index is 11.4. The molecule has 0 aliphatic rings. The van der Waals surface area contributed by atoms with Gasteiger partial charge < -0.3 is 4.74 Å². The van der Waals surface area contributed by atoms with E-state index in [1.807, 2.05) is 20.8 Å². The van der Waals surface area contributed by atoms with E-state index >= 15 is 0 Å². The smallest absolute Gasteiger partial charge is 0.161 e.